The molecule has 1 aliphatic heterocycles. The van der Waals surface area contributed by atoms with E-state index < -0.39 is 12.1 Å². The molecule has 2 aromatic rings. The average Bonchev–Trinajstić information content (AvgIpc) is 2.56. The van der Waals surface area contributed by atoms with Gasteiger partial charge in [-0.2, -0.15) is 4.98 Å². The van der Waals surface area contributed by atoms with Crippen molar-refractivity contribution in [2.24, 2.45) is 0 Å². The van der Waals surface area contributed by atoms with E-state index in [2.05, 4.69) is 29.8 Å². The summed E-state index contributed by atoms with van der Waals surface area (Å²) in [6.45, 7) is 3.24. The molecule has 3 rings (SSSR count). The molecule has 0 amide bonds. The Morgan fingerprint density at radius 2 is 1.88 bits per heavy atom. The summed E-state index contributed by atoms with van der Waals surface area (Å²) in [5.41, 5.74) is 0.819. The standard InChI is InChI=1S/C16H18F3N5O2/c1-23-6-8-24(9-7-23)11-2-3-13(26-16(17,18)19)12(10-11)21-15-20-5-4-14(25)22-15/h2-5,10H,6-9H2,1H3,(H2,20,21,22,25). The summed E-state index contributed by atoms with van der Waals surface area (Å²) in [4.78, 5) is 11.9. The van der Waals surface area contributed by atoms with Crippen LogP contribution in [0.2, 0.25) is 0 Å². The number of nitrogens with one attached hydrogen (secondary N) is 1. The molecule has 0 unspecified atom stereocenters. The van der Waals surface area contributed by atoms with Gasteiger partial charge in [0, 0.05) is 44.1 Å². The number of piperazine rings is 1. The van der Waals surface area contributed by atoms with Crippen molar-refractivity contribution in [3.63, 3.8) is 0 Å². The van der Waals surface area contributed by atoms with Crippen molar-refractivity contribution >= 4 is 17.3 Å². The van der Waals surface area contributed by atoms with Crippen LogP contribution in [0.4, 0.5) is 30.5 Å². The Bertz CT molecular complexity index is 764. The monoisotopic (exact) mass is 369 g/mol. The molecule has 7 nitrogen and oxygen atoms in total. The van der Waals surface area contributed by atoms with E-state index in [1.165, 1.54) is 18.3 Å². The molecule has 2 heterocycles. The van der Waals surface area contributed by atoms with Gasteiger partial charge < -0.3 is 25.0 Å². The van der Waals surface area contributed by atoms with Crippen LogP contribution in [-0.4, -0.2) is 59.6 Å². The minimum atomic E-state index is -4.83. The van der Waals surface area contributed by atoms with Gasteiger partial charge in [-0.3, -0.25) is 0 Å². The fourth-order valence-electron chi connectivity index (χ4n) is 2.62. The summed E-state index contributed by atoms with van der Waals surface area (Å²) < 4.78 is 42.1. The van der Waals surface area contributed by atoms with Crippen molar-refractivity contribution in [2.75, 3.05) is 43.4 Å². The van der Waals surface area contributed by atoms with Crippen LogP contribution in [0.1, 0.15) is 0 Å². The molecule has 1 aliphatic rings. The first kappa shape index (κ1) is 18.1. The molecule has 1 aromatic heterocycles. The first-order valence-corrected chi connectivity index (χ1v) is 7.92. The molecule has 0 aliphatic carbocycles. The van der Waals surface area contributed by atoms with Gasteiger partial charge in [-0.1, -0.05) is 0 Å². The Kier molecular flexibility index (Phi) is 5.03. The number of nitrogens with zero attached hydrogens (tertiary/aromatic N) is 4. The summed E-state index contributed by atoms with van der Waals surface area (Å²) in [7, 11) is 2.02. The zero-order valence-corrected chi connectivity index (χ0v) is 14.0. The lowest BCUT2D eigenvalue weighted by Crippen LogP contribution is -2.44. The number of hydrogen-bond donors (Lipinski definition) is 2. The van der Waals surface area contributed by atoms with Crippen LogP contribution in [0.5, 0.6) is 11.6 Å². The van der Waals surface area contributed by atoms with E-state index in [1.807, 2.05) is 7.05 Å². The van der Waals surface area contributed by atoms with E-state index in [-0.39, 0.29) is 17.5 Å². The van der Waals surface area contributed by atoms with E-state index in [4.69, 9.17) is 0 Å². The number of aromatic hydroxyl groups is 1. The molecule has 1 fully saturated rings. The summed E-state index contributed by atoms with van der Waals surface area (Å²) in [6.07, 6.45) is -3.54. The number of aromatic nitrogens is 2. The van der Waals surface area contributed by atoms with Crippen LogP contribution in [0.15, 0.2) is 30.5 Å². The highest BCUT2D eigenvalue weighted by Gasteiger charge is 2.32. The van der Waals surface area contributed by atoms with E-state index in [0.717, 1.165) is 31.9 Å². The van der Waals surface area contributed by atoms with Crippen molar-refractivity contribution in [2.45, 2.75) is 6.36 Å². The molecular weight excluding hydrogens is 351 g/mol. The lowest BCUT2D eigenvalue weighted by atomic mass is 10.2. The molecule has 1 aromatic carbocycles. The fraction of sp³-hybridized carbons (Fsp3) is 0.375. The van der Waals surface area contributed by atoms with Crippen LogP contribution in [0.3, 0.4) is 0 Å². The normalized spacial score (nSPS) is 15.8. The Balaban J connectivity index is 1.90. The highest BCUT2D eigenvalue weighted by Crippen LogP contribution is 2.35. The van der Waals surface area contributed by atoms with Gasteiger partial charge in [-0.25, -0.2) is 4.98 Å². The largest absolute Gasteiger partial charge is 0.573 e. The summed E-state index contributed by atoms with van der Waals surface area (Å²) in [5.74, 6) is -0.731. The van der Waals surface area contributed by atoms with Crippen molar-refractivity contribution in [1.29, 1.82) is 0 Å². The molecule has 0 saturated carbocycles. The Morgan fingerprint density at radius 1 is 1.15 bits per heavy atom. The maximum atomic E-state index is 12.7. The van der Waals surface area contributed by atoms with Gasteiger partial charge in [-0.15, -0.1) is 13.2 Å². The second-order valence-corrected chi connectivity index (χ2v) is 5.88. The number of likely N-dealkylation sites (N-methyl/N-ethyl adjacent to an activating group) is 1. The number of alkyl halides is 3. The topological polar surface area (TPSA) is 73.8 Å². The van der Waals surface area contributed by atoms with Crippen molar-refractivity contribution in [3.05, 3.63) is 30.5 Å². The quantitative estimate of drug-likeness (QED) is 0.858. The zero-order valence-electron chi connectivity index (χ0n) is 14.0. The van der Waals surface area contributed by atoms with Crippen molar-refractivity contribution < 1.29 is 23.0 Å². The third-order valence-electron chi connectivity index (χ3n) is 3.94. The molecule has 10 heteroatoms. The molecule has 0 radical (unpaired) electrons. The molecule has 0 bridgehead atoms. The van der Waals surface area contributed by atoms with E-state index >= 15 is 0 Å². The third kappa shape index (κ3) is 4.66. The maximum Gasteiger partial charge on any atom is 0.573 e. The minimum absolute atomic E-state index is 0.0347. The highest BCUT2D eigenvalue weighted by atomic mass is 19.4. The van der Waals surface area contributed by atoms with Crippen molar-refractivity contribution in [1.82, 2.24) is 14.9 Å². The van der Waals surface area contributed by atoms with Crippen LogP contribution < -0.4 is 15.0 Å². The van der Waals surface area contributed by atoms with Crippen LogP contribution in [0, 0.1) is 0 Å². The lowest BCUT2D eigenvalue weighted by molar-refractivity contribution is -0.274. The predicted molar refractivity (Wildman–Crippen MR) is 89.8 cm³/mol. The lowest BCUT2D eigenvalue weighted by Gasteiger charge is -2.34. The van der Waals surface area contributed by atoms with Crippen molar-refractivity contribution in [3.8, 4) is 11.6 Å². The Labute approximate surface area is 148 Å². The average molecular weight is 369 g/mol. The highest BCUT2D eigenvalue weighted by molar-refractivity contribution is 5.69. The zero-order chi connectivity index (χ0) is 18.7. The Morgan fingerprint density at radius 3 is 2.54 bits per heavy atom. The molecule has 140 valence electrons. The number of anilines is 3. The van der Waals surface area contributed by atoms with Crippen LogP contribution in [0.25, 0.3) is 0 Å². The number of halogens is 3. The second-order valence-electron chi connectivity index (χ2n) is 5.88. The first-order chi connectivity index (χ1) is 12.3. The molecule has 0 atom stereocenters. The van der Waals surface area contributed by atoms with Crippen LogP contribution in [-0.2, 0) is 0 Å². The van der Waals surface area contributed by atoms with Gasteiger partial charge in [0.15, 0.2) is 5.75 Å². The van der Waals surface area contributed by atoms with E-state index in [0.29, 0.717) is 0 Å². The third-order valence-corrected chi connectivity index (χ3v) is 3.94. The number of ether oxygens (including phenoxy) is 1. The molecular formula is C16H18F3N5O2. The van der Waals surface area contributed by atoms with E-state index in [9.17, 15) is 18.3 Å². The molecule has 1 saturated heterocycles. The summed E-state index contributed by atoms with van der Waals surface area (Å²) >= 11 is 0. The smallest absolute Gasteiger partial charge is 0.493 e. The minimum Gasteiger partial charge on any atom is -0.493 e. The van der Waals surface area contributed by atoms with Gasteiger partial charge in [-0.05, 0) is 25.2 Å². The first-order valence-electron chi connectivity index (χ1n) is 7.92. The summed E-state index contributed by atoms with van der Waals surface area (Å²) in [6, 6.07) is 5.66. The molecule has 0 spiro atoms. The fourth-order valence-corrected chi connectivity index (χ4v) is 2.62. The second kappa shape index (κ2) is 7.24. The number of hydrogen-bond acceptors (Lipinski definition) is 7. The number of rotatable bonds is 4. The summed E-state index contributed by atoms with van der Waals surface area (Å²) in [5, 5.41) is 12.1. The predicted octanol–water partition coefficient (Wildman–Crippen LogP) is 2.58. The van der Waals surface area contributed by atoms with Gasteiger partial charge in [0.05, 0.1) is 5.69 Å². The van der Waals surface area contributed by atoms with Gasteiger partial charge >= 0.3 is 6.36 Å². The van der Waals surface area contributed by atoms with E-state index in [1.54, 1.807) is 12.1 Å². The van der Waals surface area contributed by atoms with Gasteiger partial charge in [0.25, 0.3) is 0 Å². The molecule has 2 N–H and O–H groups in total. The maximum absolute atomic E-state index is 12.7. The molecule has 26 heavy (non-hydrogen) atoms. The number of benzene rings is 1. The van der Waals surface area contributed by atoms with Gasteiger partial charge in [0.2, 0.25) is 11.8 Å². The Hall–Kier alpha value is -2.75. The SMILES string of the molecule is CN1CCN(c2ccc(OC(F)(F)F)c(Nc3nccc(O)n3)c2)CC1. The van der Waals surface area contributed by atoms with Crippen LogP contribution >= 0.6 is 0 Å². The van der Waals surface area contributed by atoms with Gasteiger partial charge in [0.1, 0.15) is 0 Å².